The maximum absolute atomic E-state index is 12.2. The molecule has 1 aromatic carbocycles. The van der Waals surface area contributed by atoms with Crippen LogP contribution in [-0.2, 0) is 9.59 Å². The van der Waals surface area contributed by atoms with E-state index in [9.17, 15) is 22.8 Å². The van der Waals surface area contributed by atoms with E-state index < -0.39 is 12.1 Å². The molecule has 0 fully saturated rings. The molecule has 1 aromatic rings. The molecule has 2 amide bonds. The van der Waals surface area contributed by atoms with Crippen molar-refractivity contribution in [1.29, 1.82) is 0 Å². The van der Waals surface area contributed by atoms with Crippen molar-refractivity contribution in [3.63, 3.8) is 0 Å². The number of halogens is 3. The van der Waals surface area contributed by atoms with Gasteiger partial charge in [-0.05, 0) is 18.1 Å². The van der Waals surface area contributed by atoms with Crippen LogP contribution in [0.2, 0.25) is 0 Å². The topological polar surface area (TPSA) is 58.2 Å². The zero-order valence-electron chi connectivity index (χ0n) is 11.0. The number of benzene rings is 1. The number of hydrogen-bond acceptors (Lipinski definition) is 2. The molecular weight excluding hydrogens is 273 g/mol. The average molecular weight is 288 g/mol. The number of alkyl halides is 3. The lowest BCUT2D eigenvalue weighted by Gasteiger charge is -2.13. The van der Waals surface area contributed by atoms with E-state index in [2.05, 4.69) is 5.32 Å². The first-order valence-corrected chi connectivity index (χ1v) is 5.97. The number of carbonyl (C=O) groups excluding carboxylic acids is 2. The fraction of sp³-hybridized carbons (Fsp3) is 0.385. The summed E-state index contributed by atoms with van der Waals surface area (Å²) in [4.78, 5) is 22.5. The van der Waals surface area contributed by atoms with Gasteiger partial charge in [-0.25, -0.2) is 0 Å². The largest absolute Gasteiger partial charge is 0.471 e. The van der Waals surface area contributed by atoms with E-state index in [0.29, 0.717) is 0 Å². The van der Waals surface area contributed by atoms with Gasteiger partial charge in [-0.3, -0.25) is 9.59 Å². The highest BCUT2D eigenvalue weighted by Crippen LogP contribution is 2.24. The Labute approximate surface area is 114 Å². The number of amides is 2. The molecule has 7 heteroatoms. The van der Waals surface area contributed by atoms with Gasteiger partial charge in [0, 0.05) is 6.42 Å². The molecule has 0 saturated heterocycles. The molecule has 0 atom stereocenters. The van der Waals surface area contributed by atoms with Crippen LogP contribution in [0.15, 0.2) is 24.3 Å². The van der Waals surface area contributed by atoms with E-state index in [-0.39, 0.29) is 29.6 Å². The van der Waals surface area contributed by atoms with Crippen LogP contribution in [0.4, 0.5) is 24.5 Å². The molecule has 0 saturated carbocycles. The predicted octanol–water partition coefficient (Wildman–Crippen LogP) is 3.17. The van der Waals surface area contributed by atoms with Crippen molar-refractivity contribution in [2.45, 2.75) is 26.4 Å². The second-order valence-corrected chi connectivity index (χ2v) is 4.64. The van der Waals surface area contributed by atoms with Gasteiger partial charge in [0.2, 0.25) is 5.91 Å². The van der Waals surface area contributed by atoms with Crippen molar-refractivity contribution in [2.24, 2.45) is 5.92 Å². The summed E-state index contributed by atoms with van der Waals surface area (Å²) in [5, 5.41) is 4.21. The van der Waals surface area contributed by atoms with Gasteiger partial charge >= 0.3 is 12.1 Å². The van der Waals surface area contributed by atoms with E-state index in [1.165, 1.54) is 18.2 Å². The molecule has 0 unspecified atom stereocenters. The first kappa shape index (κ1) is 16.0. The Morgan fingerprint density at radius 1 is 1.10 bits per heavy atom. The van der Waals surface area contributed by atoms with E-state index >= 15 is 0 Å². The van der Waals surface area contributed by atoms with E-state index in [1.807, 2.05) is 13.8 Å². The van der Waals surface area contributed by atoms with Gasteiger partial charge < -0.3 is 10.6 Å². The quantitative estimate of drug-likeness (QED) is 0.894. The molecule has 0 aliphatic carbocycles. The van der Waals surface area contributed by atoms with E-state index in [4.69, 9.17) is 0 Å². The van der Waals surface area contributed by atoms with Gasteiger partial charge in [0.1, 0.15) is 0 Å². The molecule has 0 aromatic heterocycles. The Morgan fingerprint density at radius 3 is 2.05 bits per heavy atom. The first-order valence-electron chi connectivity index (χ1n) is 5.97. The van der Waals surface area contributed by atoms with Crippen molar-refractivity contribution >= 4 is 23.2 Å². The van der Waals surface area contributed by atoms with Gasteiger partial charge in [-0.15, -0.1) is 0 Å². The highest BCUT2D eigenvalue weighted by atomic mass is 19.4. The number of rotatable bonds is 4. The second kappa shape index (κ2) is 6.40. The van der Waals surface area contributed by atoms with Crippen LogP contribution in [-0.4, -0.2) is 18.0 Å². The molecule has 0 spiro atoms. The van der Waals surface area contributed by atoms with E-state index in [0.717, 1.165) is 0 Å². The Bertz CT molecular complexity index is 499. The minimum Gasteiger partial charge on any atom is -0.324 e. The standard InChI is InChI=1S/C13H15F3N2O2/c1-8(2)7-11(19)17-9-5-3-4-6-10(9)18-12(20)13(14,15)16/h3-6,8H,7H2,1-2H3,(H,17,19)(H,18,20). The van der Waals surface area contributed by atoms with Crippen LogP contribution in [0.1, 0.15) is 20.3 Å². The van der Waals surface area contributed by atoms with Gasteiger partial charge in [0.05, 0.1) is 11.4 Å². The van der Waals surface area contributed by atoms with Crippen LogP contribution < -0.4 is 10.6 Å². The van der Waals surface area contributed by atoms with Gasteiger partial charge in [-0.1, -0.05) is 26.0 Å². The summed E-state index contributed by atoms with van der Waals surface area (Å²) in [6.07, 6.45) is -4.74. The summed E-state index contributed by atoms with van der Waals surface area (Å²) >= 11 is 0. The maximum Gasteiger partial charge on any atom is 0.471 e. The van der Waals surface area contributed by atoms with Crippen molar-refractivity contribution in [3.8, 4) is 0 Å². The number of carbonyl (C=O) groups is 2. The Kier molecular flexibility index (Phi) is 5.12. The summed E-state index contributed by atoms with van der Waals surface area (Å²) in [5.41, 5.74) is 0.0441. The number of para-hydroxylation sites is 2. The summed E-state index contributed by atoms with van der Waals surface area (Å²) in [6, 6.07) is 5.72. The minimum atomic E-state index is -4.98. The molecule has 0 aliphatic heterocycles. The molecule has 110 valence electrons. The zero-order chi connectivity index (χ0) is 15.3. The van der Waals surface area contributed by atoms with Gasteiger partial charge in [-0.2, -0.15) is 13.2 Å². The van der Waals surface area contributed by atoms with E-state index in [1.54, 1.807) is 11.4 Å². The third kappa shape index (κ3) is 4.91. The SMILES string of the molecule is CC(C)CC(=O)Nc1ccccc1NC(=O)C(F)(F)F. The molecule has 0 aliphatic rings. The Hall–Kier alpha value is -2.05. The molecule has 0 heterocycles. The predicted molar refractivity (Wildman–Crippen MR) is 69.2 cm³/mol. The highest BCUT2D eigenvalue weighted by molar-refractivity contribution is 6.01. The Morgan fingerprint density at radius 2 is 1.60 bits per heavy atom. The molecule has 0 radical (unpaired) electrons. The van der Waals surface area contributed by atoms with Crippen molar-refractivity contribution in [2.75, 3.05) is 10.6 Å². The lowest BCUT2D eigenvalue weighted by Crippen LogP contribution is -2.30. The van der Waals surface area contributed by atoms with Crippen molar-refractivity contribution < 1.29 is 22.8 Å². The minimum absolute atomic E-state index is 0.0908. The van der Waals surface area contributed by atoms with Gasteiger partial charge in [0.25, 0.3) is 0 Å². The maximum atomic E-state index is 12.2. The van der Waals surface area contributed by atoms with Gasteiger partial charge in [0.15, 0.2) is 0 Å². The lowest BCUT2D eigenvalue weighted by atomic mass is 10.1. The summed E-state index contributed by atoms with van der Waals surface area (Å²) < 4.78 is 36.6. The lowest BCUT2D eigenvalue weighted by molar-refractivity contribution is -0.167. The normalized spacial score (nSPS) is 11.3. The molecule has 20 heavy (non-hydrogen) atoms. The zero-order valence-corrected chi connectivity index (χ0v) is 11.0. The first-order chi connectivity index (χ1) is 9.20. The highest BCUT2D eigenvalue weighted by Gasteiger charge is 2.38. The van der Waals surface area contributed by atoms with Crippen LogP contribution in [0.5, 0.6) is 0 Å². The number of anilines is 2. The molecule has 0 bridgehead atoms. The monoisotopic (exact) mass is 288 g/mol. The smallest absolute Gasteiger partial charge is 0.324 e. The third-order valence-corrected chi connectivity index (χ3v) is 2.30. The average Bonchev–Trinajstić information content (AvgIpc) is 2.29. The number of hydrogen-bond donors (Lipinski definition) is 2. The summed E-state index contributed by atoms with van der Waals surface area (Å²) in [7, 11) is 0. The van der Waals surface area contributed by atoms with Crippen molar-refractivity contribution in [1.82, 2.24) is 0 Å². The summed E-state index contributed by atoms with van der Waals surface area (Å²) in [6.45, 7) is 3.69. The molecule has 1 rings (SSSR count). The fourth-order valence-electron chi connectivity index (χ4n) is 1.47. The fourth-order valence-corrected chi connectivity index (χ4v) is 1.47. The van der Waals surface area contributed by atoms with Crippen LogP contribution in [0, 0.1) is 5.92 Å². The summed E-state index contributed by atoms with van der Waals surface area (Å²) in [5.74, 6) is -2.29. The third-order valence-electron chi connectivity index (χ3n) is 2.30. The molecule has 4 nitrogen and oxygen atoms in total. The van der Waals surface area contributed by atoms with Crippen LogP contribution >= 0.6 is 0 Å². The molecule has 2 N–H and O–H groups in total. The van der Waals surface area contributed by atoms with Crippen molar-refractivity contribution in [3.05, 3.63) is 24.3 Å². The van der Waals surface area contributed by atoms with Crippen LogP contribution in [0.25, 0.3) is 0 Å². The number of nitrogens with one attached hydrogen (secondary N) is 2. The molecular formula is C13H15F3N2O2. The Balaban J connectivity index is 2.83. The second-order valence-electron chi connectivity index (χ2n) is 4.64. The van der Waals surface area contributed by atoms with Crippen LogP contribution in [0.3, 0.4) is 0 Å².